The number of rotatable bonds is 2. The van der Waals surface area contributed by atoms with Crippen LogP contribution in [-0.2, 0) is 0 Å². The van der Waals surface area contributed by atoms with E-state index in [1.165, 1.54) is 22.5 Å². The fourth-order valence-electron chi connectivity index (χ4n) is 1.81. The number of thiophene rings is 1. The summed E-state index contributed by atoms with van der Waals surface area (Å²) in [6, 6.07) is 8.37. The van der Waals surface area contributed by atoms with Gasteiger partial charge >= 0.3 is 0 Å². The van der Waals surface area contributed by atoms with E-state index < -0.39 is 0 Å². The molecule has 1 atom stereocenters. The number of alkyl halides is 1. The minimum Gasteiger partial charge on any atom is -0.125 e. The smallest absolute Gasteiger partial charge is 0.107 e. The van der Waals surface area contributed by atoms with Gasteiger partial charge in [0.05, 0.1) is 5.38 Å². The summed E-state index contributed by atoms with van der Waals surface area (Å²) >= 11 is 17.4. The summed E-state index contributed by atoms with van der Waals surface area (Å²) in [6.45, 7) is 4.16. The number of hydrogen-bond donors (Lipinski definition) is 0. The maximum Gasteiger partial charge on any atom is 0.107 e. The predicted molar refractivity (Wildman–Crippen MR) is 80.6 cm³/mol. The lowest BCUT2D eigenvalue weighted by Crippen LogP contribution is -1.92. The summed E-state index contributed by atoms with van der Waals surface area (Å²) < 4.78 is 1.66. The van der Waals surface area contributed by atoms with Crippen LogP contribution in [0.25, 0.3) is 0 Å². The molecule has 0 aliphatic carbocycles. The first-order valence-electron chi connectivity index (χ1n) is 5.14. The zero-order valence-corrected chi connectivity index (χ0v) is 13.3. The fourth-order valence-corrected chi connectivity index (χ4v) is 3.87. The summed E-state index contributed by atoms with van der Waals surface area (Å²) in [4.78, 5) is 1.06. The third-order valence-electron chi connectivity index (χ3n) is 2.45. The number of halogens is 3. The van der Waals surface area contributed by atoms with Crippen LogP contribution in [0.1, 0.15) is 26.9 Å². The van der Waals surface area contributed by atoms with E-state index in [0.29, 0.717) is 0 Å². The van der Waals surface area contributed by atoms with Crippen molar-refractivity contribution in [1.82, 2.24) is 0 Å². The van der Waals surface area contributed by atoms with E-state index in [-0.39, 0.29) is 5.38 Å². The molecule has 1 aromatic heterocycles. The van der Waals surface area contributed by atoms with E-state index in [4.69, 9.17) is 23.2 Å². The highest BCUT2D eigenvalue weighted by Crippen LogP contribution is 2.40. The molecule has 0 N–H and O–H groups in total. The van der Waals surface area contributed by atoms with Crippen LogP contribution in [0, 0.1) is 13.8 Å². The van der Waals surface area contributed by atoms with Crippen LogP contribution in [0.3, 0.4) is 0 Å². The van der Waals surface area contributed by atoms with E-state index in [1.54, 1.807) is 0 Å². The van der Waals surface area contributed by atoms with Gasteiger partial charge in [-0.3, -0.25) is 0 Å². The molecular weight excluding hydrogens is 339 g/mol. The van der Waals surface area contributed by atoms with Crippen LogP contribution in [0.2, 0.25) is 4.34 Å². The lowest BCUT2D eigenvalue weighted by atomic mass is 10.0. The summed E-state index contributed by atoms with van der Waals surface area (Å²) in [5, 5.41) is -0.137. The molecule has 1 aromatic carbocycles. The normalized spacial score (nSPS) is 12.8. The SMILES string of the molecule is Cc1cc(C)cc(C(Cl)c2cc(Br)c(Cl)s2)c1. The lowest BCUT2D eigenvalue weighted by molar-refractivity contribution is 1.16. The first-order valence-corrected chi connectivity index (χ1v) is 7.57. The van der Waals surface area contributed by atoms with Crippen molar-refractivity contribution in [2.45, 2.75) is 19.2 Å². The predicted octanol–water partition coefficient (Wildman–Crippen LogP) is 6.11. The van der Waals surface area contributed by atoms with Gasteiger partial charge in [-0.2, -0.15) is 0 Å². The van der Waals surface area contributed by atoms with Gasteiger partial charge in [0.25, 0.3) is 0 Å². The Hall–Kier alpha value is -0.0200. The van der Waals surface area contributed by atoms with Crippen molar-refractivity contribution in [2.75, 3.05) is 0 Å². The van der Waals surface area contributed by atoms with Gasteiger partial charge in [0.1, 0.15) is 4.34 Å². The zero-order chi connectivity index (χ0) is 12.6. The van der Waals surface area contributed by atoms with Crippen LogP contribution >= 0.6 is 50.5 Å². The number of hydrogen-bond acceptors (Lipinski definition) is 1. The number of benzene rings is 1. The minimum absolute atomic E-state index is 0.137. The van der Waals surface area contributed by atoms with Crippen molar-refractivity contribution in [3.05, 3.63) is 54.6 Å². The third kappa shape index (κ3) is 3.05. The van der Waals surface area contributed by atoms with Gasteiger partial charge in [-0.15, -0.1) is 22.9 Å². The molecule has 0 aliphatic rings. The van der Waals surface area contributed by atoms with Gasteiger partial charge in [-0.05, 0) is 41.4 Å². The van der Waals surface area contributed by atoms with Crippen LogP contribution in [0.5, 0.6) is 0 Å². The third-order valence-corrected chi connectivity index (χ3v) is 5.61. The van der Waals surface area contributed by atoms with E-state index in [9.17, 15) is 0 Å². The largest absolute Gasteiger partial charge is 0.125 e. The molecule has 2 rings (SSSR count). The molecule has 90 valence electrons. The van der Waals surface area contributed by atoms with E-state index in [0.717, 1.165) is 19.2 Å². The Kier molecular flexibility index (Phi) is 4.19. The maximum absolute atomic E-state index is 6.49. The average Bonchev–Trinajstić information content (AvgIpc) is 2.57. The van der Waals surface area contributed by atoms with Gasteiger partial charge in [-0.1, -0.05) is 40.9 Å². The van der Waals surface area contributed by atoms with Gasteiger partial charge in [0.15, 0.2) is 0 Å². The van der Waals surface area contributed by atoms with Crippen molar-refractivity contribution in [3.63, 3.8) is 0 Å². The molecule has 0 saturated heterocycles. The maximum atomic E-state index is 6.49. The molecule has 0 nitrogen and oxygen atoms in total. The van der Waals surface area contributed by atoms with Crippen LogP contribution in [0.4, 0.5) is 0 Å². The van der Waals surface area contributed by atoms with Crippen molar-refractivity contribution in [1.29, 1.82) is 0 Å². The first kappa shape index (κ1) is 13.4. The molecule has 1 heterocycles. The summed E-state index contributed by atoms with van der Waals surface area (Å²) in [6.07, 6.45) is 0. The topological polar surface area (TPSA) is 0 Å². The molecule has 0 bridgehead atoms. The fraction of sp³-hybridized carbons (Fsp3) is 0.231. The second kappa shape index (κ2) is 5.31. The highest BCUT2D eigenvalue weighted by atomic mass is 79.9. The Morgan fingerprint density at radius 3 is 2.18 bits per heavy atom. The first-order chi connectivity index (χ1) is 7.97. The molecule has 1 unspecified atom stereocenters. The molecule has 0 amide bonds. The Morgan fingerprint density at radius 2 is 1.71 bits per heavy atom. The molecule has 2 aromatic rings. The van der Waals surface area contributed by atoms with E-state index in [2.05, 4.69) is 48.0 Å². The zero-order valence-electron chi connectivity index (χ0n) is 9.43. The Morgan fingerprint density at radius 1 is 1.12 bits per heavy atom. The Bertz CT molecular complexity index is 509. The van der Waals surface area contributed by atoms with Gasteiger partial charge in [0.2, 0.25) is 0 Å². The molecule has 0 fully saturated rings. The summed E-state index contributed by atoms with van der Waals surface area (Å²) in [5.41, 5.74) is 3.58. The summed E-state index contributed by atoms with van der Waals surface area (Å²) in [7, 11) is 0. The molecule has 0 aliphatic heterocycles. The van der Waals surface area contributed by atoms with Gasteiger partial charge in [-0.25, -0.2) is 0 Å². The monoisotopic (exact) mass is 348 g/mol. The van der Waals surface area contributed by atoms with Crippen LogP contribution < -0.4 is 0 Å². The standard InChI is InChI=1S/C13H11BrCl2S/c1-7-3-8(2)5-9(4-7)12(15)11-6-10(14)13(16)17-11/h3-6,12H,1-2H3. The Balaban J connectivity index is 2.39. The Labute approximate surface area is 124 Å². The highest BCUT2D eigenvalue weighted by Gasteiger charge is 2.16. The summed E-state index contributed by atoms with van der Waals surface area (Å²) in [5.74, 6) is 0. The van der Waals surface area contributed by atoms with Crippen molar-refractivity contribution >= 4 is 50.5 Å². The van der Waals surface area contributed by atoms with Crippen molar-refractivity contribution in [3.8, 4) is 0 Å². The molecule has 0 radical (unpaired) electrons. The average molecular weight is 350 g/mol. The van der Waals surface area contributed by atoms with E-state index in [1.807, 2.05) is 6.07 Å². The second-order valence-electron chi connectivity index (χ2n) is 4.05. The van der Waals surface area contributed by atoms with Crippen LogP contribution in [0.15, 0.2) is 28.7 Å². The molecule has 0 spiro atoms. The van der Waals surface area contributed by atoms with E-state index >= 15 is 0 Å². The molecule has 4 heteroatoms. The second-order valence-corrected chi connectivity index (χ2v) is 7.03. The highest BCUT2D eigenvalue weighted by molar-refractivity contribution is 9.10. The van der Waals surface area contributed by atoms with Crippen molar-refractivity contribution < 1.29 is 0 Å². The van der Waals surface area contributed by atoms with Gasteiger partial charge in [0, 0.05) is 9.35 Å². The molecule has 0 saturated carbocycles. The molecular formula is C13H11BrCl2S. The van der Waals surface area contributed by atoms with Gasteiger partial charge < -0.3 is 0 Å². The van der Waals surface area contributed by atoms with Crippen molar-refractivity contribution in [2.24, 2.45) is 0 Å². The minimum atomic E-state index is -0.137. The number of aryl methyl sites for hydroxylation is 2. The quantitative estimate of drug-likeness (QED) is 0.574. The van der Waals surface area contributed by atoms with Crippen LogP contribution in [-0.4, -0.2) is 0 Å². The molecule has 17 heavy (non-hydrogen) atoms. The lowest BCUT2D eigenvalue weighted by Gasteiger charge is -2.09.